The summed E-state index contributed by atoms with van der Waals surface area (Å²) >= 11 is 7.47. The zero-order valence-electron chi connectivity index (χ0n) is 9.86. The molecule has 0 spiro atoms. The molecular weight excluding hydrogens is 269 g/mol. The first-order valence-corrected chi connectivity index (χ1v) is 6.74. The van der Waals surface area contributed by atoms with E-state index in [0.29, 0.717) is 5.02 Å². The predicted octanol–water partition coefficient (Wildman–Crippen LogP) is 4.65. The Morgan fingerprint density at radius 1 is 1.22 bits per heavy atom. The minimum Gasteiger partial charge on any atom is -0.324 e. The van der Waals surface area contributed by atoms with Gasteiger partial charge in [0.05, 0.1) is 0 Å². The second-order valence-corrected chi connectivity index (χ2v) is 5.58. The van der Waals surface area contributed by atoms with Crippen LogP contribution in [0.2, 0.25) is 5.02 Å². The minimum absolute atomic E-state index is 0.206. The molecule has 1 nitrogen and oxygen atoms in total. The number of hydrogen-bond acceptors (Lipinski definition) is 2. The molecule has 0 saturated heterocycles. The van der Waals surface area contributed by atoms with Crippen molar-refractivity contribution in [2.45, 2.75) is 22.8 Å². The Balaban J connectivity index is 2.34. The molecule has 2 aromatic carbocycles. The summed E-state index contributed by atoms with van der Waals surface area (Å²) in [6, 6.07) is 12.0. The van der Waals surface area contributed by atoms with Gasteiger partial charge in [-0.25, -0.2) is 4.39 Å². The number of nitrogens with two attached hydrogens (primary N) is 1. The van der Waals surface area contributed by atoms with Crippen LogP contribution in [0.5, 0.6) is 0 Å². The van der Waals surface area contributed by atoms with Gasteiger partial charge in [-0.2, -0.15) is 0 Å². The van der Waals surface area contributed by atoms with Gasteiger partial charge in [0.15, 0.2) is 0 Å². The topological polar surface area (TPSA) is 26.0 Å². The van der Waals surface area contributed by atoms with Crippen LogP contribution in [0.25, 0.3) is 0 Å². The smallest absolute Gasteiger partial charge is 0.123 e. The zero-order chi connectivity index (χ0) is 13.1. The molecule has 1 atom stereocenters. The highest BCUT2D eigenvalue weighted by Gasteiger charge is 2.09. The molecule has 1 unspecified atom stereocenters. The third kappa shape index (κ3) is 3.25. The molecule has 0 fully saturated rings. The SMILES string of the molecule is CC(N)c1cc(F)ccc1Sc1cccc(Cl)c1. The van der Waals surface area contributed by atoms with Gasteiger partial charge in [-0.05, 0) is 48.9 Å². The maximum atomic E-state index is 13.2. The molecule has 2 rings (SSSR count). The lowest BCUT2D eigenvalue weighted by molar-refractivity contribution is 0.619. The van der Waals surface area contributed by atoms with E-state index in [1.807, 2.05) is 31.2 Å². The number of benzene rings is 2. The first-order chi connectivity index (χ1) is 8.56. The summed E-state index contributed by atoms with van der Waals surface area (Å²) in [6.45, 7) is 1.84. The van der Waals surface area contributed by atoms with Gasteiger partial charge in [-0.15, -0.1) is 0 Å². The maximum absolute atomic E-state index is 13.2. The van der Waals surface area contributed by atoms with Crippen molar-refractivity contribution >= 4 is 23.4 Å². The Morgan fingerprint density at radius 3 is 2.67 bits per heavy atom. The number of hydrogen-bond donors (Lipinski definition) is 1. The average Bonchev–Trinajstić information content (AvgIpc) is 2.31. The lowest BCUT2D eigenvalue weighted by Gasteiger charge is -2.12. The zero-order valence-corrected chi connectivity index (χ0v) is 11.4. The largest absolute Gasteiger partial charge is 0.324 e. The van der Waals surface area contributed by atoms with E-state index >= 15 is 0 Å². The van der Waals surface area contributed by atoms with Crippen LogP contribution >= 0.6 is 23.4 Å². The molecule has 2 N–H and O–H groups in total. The van der Waals surface area contributed by atoms with Gasteiger partial charge in [0.2, 0.25) is 0 Å². The van der Waals surface area contributed by atoms with Crippen molar-refractivity contribution in [3.8, 4) is 0 Å². The summed E-state index contributed by atoms with van der Waals surface area (Å²) in [7, 11) is 0. The summed E-state index contributed by atoms with van der Waals surface area (Å²) < 4.78 is 13.2. The van der Waals surface area contributed by atoms with E-state index < -0.39 is 0 Å². The molecule has 18 heavy (non-hydrogen) atoms. The van der Waals surface area contributed by atoms with Crippen molar-refractivity contribution < 1.29 is 4.39 Å². The minimum atomic E-state index is -0.266. The Morgan fingerprint density at radius 2 is 2.00 bits per heavy atom. The first kappa shape index (κ1) is 13.4. The summed E-state index contributed by atoms with van der Waals surface area (Å²) in [5.41, 5.74) is 6.67. The van der Waals surface area contributed by atoms with Crippen molar-refractivity contribution in [1.82, 2.24) is 0 Å². The third-order valence-electron chi connectivity index (χ3n) is 2.49. The molecule has 2 aromatic rings. The fourth-order valence-electron chi connectivity index (χ4n) is 1.63. The molecular formula is C14H13ClFNS. The van der Waals surface area contributed by atoms with Gasteiger partial charge >= 0.3 is 0 Å². The lowest BCUT2D eigenvalue weighted by atomic mass is 10.1. The Kier molecular flexibility index (Phi) is 4.27. The summed E-state index contributed by atoms with van der Waals surface area (Å²) in [5, 5.41) is 0.685. The van der Waals surface area contributed by atoms with Gasteiger partial charge in [-0.3, -0.25) is 0 Å². The number of halogens is 2. The van der Waals surface area contributed by atoms with Crippen LogP contribution in [0.15, 0.2) is 52.3 Å². The third-order valence-corrected chi connectivity index (χ3v) is 3.80. The maximum Gasteiger partial charge on any atom is 0.123 e. The fourth-order valence-corrected chi connectivity index (χ4v) is 2.97. The lowest BCUT2D eigenvalue weighted by Crippen LogP contribution is -2.06. The second kappa shape index (κ2) is 5.74. The van der Waals surface area contributed by atoms with E-state index in [9.17, 15) is 4.39 Å². The van der Waals surface area contributed by atoms with Crippen molar-refractivity contribution in [2.75, 3.05) is 0 Å². The van der Waals surface area contributed by atoms with Crippen LogP contribution in [0.1, 0.15) is 18.5 Å². The van der Waals surface area contributed by atoms with Crippen LogP contribution < -0.4 is 5.73 Å². The second-order valence-electron chi connectivity index (χ2n) is 4.03. The van der Waals surface area contributed by atoms with Gasteiger partial charge in [0, 0.05) is 20.9 Å². The monoisotopic (exact) mass is 281 g/mol. The predicted molar refractivity (Wildman–Crippen MR) is 74.6 cm³/mol. The van der Waals surface area contributed by atoms with Crippen molar-refractivity contribution in [2.24, 2.45) is 5.73 Å². The Hall–Kier alpha value is -1.03. The van der Waals surface area contributed by atoms with Gasteiger partial charge in [-0.1, -0.05) is 29.4 Å². The summed E-state index contributed by atoms with van der Waals surface area (Å²) in [5.74, 6) is -0.266. The van der Waals surface area contributed by atoms with E-state index in [1.54, 1.807) is 6.07 Å². The fraction of sp³-hybridized carbons (Fsp3) is 0.143. The quantitative estimate of drug-likeness (QED) is 0.886. The Labute approximate surface area is 115 Å². The highest BCUT2D eigenvalue weighted by molar-refractivity contribution is 7.99. The Bertz CT molecular complexity index is 557. The molecule has 0 heterocycles. The molecule has 0 aliphatic carbocycles. The summed E-state index contributed by atoms with van der Waals surface area (Å²) in [6.07, 6.45) is 0. The highest BCUT2D eigenvalue weighted by Crippen LogP contribution is 2.34. The van der Waals surface area contributed by atoms with Gasteiger partial charge < -0.3 is 5.73 Å². The van der Waals surface area contributed by atoms with Gasteiger partial charge in [0.1, 0.15) is 5.82 Å². The normalized spacial score (nSPS) is 12.4. The molecule has 0 amide bonds. The molecule has 94 valence electrons. The van der Waals surface area contributed by atoms with E-state index in [0.717, 1.165) is 15.4 Å². The molecule has 0 aliphatic heterocycles. The van der Waals surface area contributed by atoms with Crippen LogP contribution in [-0.2, 0) is 0 Å². The van der Waals surface area contributed by atoms with E-state index in [1.165, 1.54) is 23.9 Å². The van der Waals surface area contributed by atoms with Gasteiger partial charge in [0.25, 0.3) is 0 Å². The van der Waals surface area contributed by atoms with E-state index in [4.69, 9.17) is 17.3 Å². The van der Waals surface area contributed by atoms with Crippen molar-refractivity contribution in [3.05, 3.63) is 58.9 Å². The molecule has 0 saturated carbocycles. The van der Waals surface area contributed by atoms with Crippen molar-refractivity contribution in [1.29, 1.82) is 0 Å². The van der Waals surface area contributed by atoms with Crippen LogP contribution in [0, 0.1) is 5.82 Å². The van der Waals surface area contributed by atoms with Crippen LogP contribution in [0.4, 0.5) is 4.39 Å². The molecule has 0 aromatic heterocycles. The first-order valence-electron chi connectivity index (χ1n) is 5.54. The van der Waals surface area contributed by atoms with E-state index in [-0.39, 0.29) is 11.9 Å². The summed E-state index contributed by atoms with van der Waals surface area (Å²) in [4.78, 5) is 1.96. The molecule has 0 aliphatic rings. The van der Waals surface area contributed by atoms with Crippen molar-refractivity contribution in [3.63, 3.8) is 0 Å². The highest BCUT2D eigenvalue weighted by atomic mass is 35.5. The average molecular weight is 282 g/mol. The van der Waals surface area contributed by atoms with Crippen LogP contribution in [-0.4, -0.2) is 0 Å². The standard InChI is InChI=1S/C14H13ClFNS/c1-9(17)13-8-11(16)5-6-14(13)18-12-4-2-3-10(15)7-12/h2-9H,17H2,1H3. The number of rotatable bonds is 3. The van der Waals surface area contributed by atoms with Crippen LogP contribution in [0.3, 0.4) is 0 Å². The molecule has 0 bridgehead atoms. The molecule has 0 radical (unpaired) electrons. The molecule has 4 heteroatoms. The van der Waals surface area contributed by atoms with E-state index in [2.05, 4.69) is 0 Å².